The van der Waals surface area contributed by atoms with E-state index in [4.69, 9.17) is 4.74 Å². The molecule has 4 rings (SSSR count). The Bertz CT molecular complexity index is 978. The predicted molar refractivity (Wildman–Crippen MR) is 108 cm³/mol. The molecule has 0 aromatic heterocycles. The van der Waals surface area contributed by atoms with Crippen LogP contribution in [-0.4, -0.2) is 42.8 Å². The first-order chi connectivity index (χ1) is 13.9. The Morgan fingerprint density at radius 1 is 0.931 bits per heavy atom. The molecule has 0 atom stereocenters. The summed E-state index contributed by atoms with van der Waals surface area (Å²) in [5, 5.41) is -0.695. The number of hydrogen-bond donors (Lipinski definition) is 0. The largest absolute Gasteiger partial charge is 0.457 e. The SMILES string of the molecule is O=C(c1cccc(Oc2ccc(F)cc2)c1)N1CC(S(=O)(=O)C2CCCCC2)C1. The second-order valence-electron chi connectivity index (χ2n) is 7.77. The first-order valence-corrected chi connectivity index (χ1v) is 11.6. The van der Waals surface area contributed by atoms with E-state index in [2.05, 4.69) is 0 Å². The fraction of sp³-hybridized carbons (Fsp3) is 0.409. The fourth-order valence-electron chi connectivity index (χ4n) is 3.99. The van der Waals surface area contributed by atoms with E-state index in [1.54, 1.807) is 29.2 Å². The van der Waals surface area contributed by atoms with E-state index in [9.17, 15) is 17.6 Å². The molecule has 2 aromatic rings. The lowest BCUT2D eigenvalue weighted by Crippen LogP contribution is -2.58. The van der Waals surface area contributed by atoms with Gasteiger partial charge in [-0.3, -0.25) is 4.79 Å². The summed E-state index contributed by atoms with van der Waals surface area (Å²) in [4.78, 5) is 14.3. The van der Waals surface area contributed by atoms with Gasteiger partial charge in [0, 0.05) is 18.7 Å². The molecule has 0 N–H and O–H groups in total. The summed E-state index contributed by atoms with van der Waals surface area (Å²) in [6.45, 7) is 0.501. The molecular formula is C22H24FNO4S. The van der Waals surface area contributed by atoms with Crippen LogP contribution in [0.1, 0.15) is 42.5 Å². The third-order valence-corrected chi connectivity index (χ3v) is 8.38. The molecule has 1 heterocycles. The number of carbonyl (C=O) groups excluding carboxylic acids is 1. The molecule has 1 aliphatic heterocycles. The maximum atomic E-state index is 13.0. The highest BCUT2D eigenvalue weighted by Gasteiger charge is 2.43. The van der Waals surface area contributed by atoms with Crippen molar-refractivity contribution in [3.63, 3.8) is 0 Å². The molecule has 1 amide bonds. The predicted octanol–water partition coefficient (Wildman–Crippen LogP) is 4.19. The first kappa shape index (κ1) is 19.9. The van der Waals surface area contributed by atoms with Gasteiger partial charge in [-0.2, -0.15) is 0 Å². The van der Waals surface area contributed by atoms with Crippen LogP contribution in [0.4, 0.5) is 4.39 Å². The fourth-order valence-corrected chi connectivity index (χ4v) is 6.30. The van der Waals surface area contributed by atoms with Crippen LogP contribution >= 0.6 is 0 Å². The van der Waals surface area contributed by atoms with E-state index in [-0.39, 0.29) is 30.1 Å². The molecule has 1 aliphatic carbocycles. The highest BCUT2D eigenvalue weighted by Crippen LogP contribution is 2.31. The average molecular weight is 418 g/mol. The normalized spacial score (nSPS) is 18.3. The van der Waals surface area contributed by atoms with E-state index < -0.39 is 15.1 Å². The third-order valence-electron chi connectivity index (χ3n) is 5.75. The molecule has 154 valence electrons. The van der Waals surface area contributed by atoms with Crippen molar-refractivity contribution in [2.75, 3.05) is 13.1 Å². The van der Waals surface area contributed by atoms with Gasteiger partial charge in [-0.15, -0.1) is 0 Å². The summed E-state index contributed by atoms with van der Waals surface area (Å²) >= 11 is 0. The van der Waals surface area contributed by atoms with Crippen molar-refractivity contribution in [1.29, 1.82) is 0 Å². The molecule has 7 heteroatoms. The number of halogens is 1. The van der Waals surface area contributed by atoms with Gasteiger partial charge in [-0.1, -0.05) is 25.3 Å². The minimum Gasteiger partial charge on any atom is -0.457 e. The highest BCUT2D eigenvalue weighted by molar-refractivity contribution is 7.92. The summed E-state index contributed by atoms with van der Waals surface area (Å²) in [6.07, 6.45) is 4.54. The van der Waals surface area contributed by atoms with Crippen molar-refractivity contribution < 1.29 is 22.3 Å². The van der Waals surface area contributed by atoms with Crippen LogP contribution in [0.25, 0.3) is 0 Å². The lowest BCUT2D eigenvalue weighted by Gasteiger charge is -2.40. The van der Waals surface area contributed by atoms with Gasteiger partial charge in [0.2, 0.25) is 0 Å². The van der Waals surface area contributed by atoms with Crippen LogP contribution in [0, 0.1) is 5.82 Å². The lowest BCUT2D eigenvalue weighted by molar-refractivity contribution is 0.0657. The Kier molecular flexibility index (Phi) is 5.58. The smallest absolute Gasteiger partial charge is 0.254 e. The minimum absolute atomic E-state index is 0.204. The molecule has 2 aromatic carbocycles. The van der Waals surface area contributed by atoms with Crippen molar-refractivity contribution >= 4 is 15.7 Å². The molecule has 0 spiro atoms. The molecule has 0 bridgehead atoms. The average Bonchev–Trinajstić information content (AvgIpc) is 2.69. The van der Waals surface area contributed by atoms with E-state index in [1.165, 1.54) is 24.3 Å². The van der Waals surface area contributed by atoms with E-state index >= 15 is 0 Å². The van der Waals surface area contributed by atoms with Gasteiger partial charge in [-0.05, 0) is 55.3 Å². The standard InChI is InChI=1S/C22H24FNO4S/c23-17-9-11-18(12-10-17)28-19-6-4-5-16(13-19)22(25)24-14-21(15-24)29(26,27)20-7-2-1-3-8-20/h4-6,9-13,20-21H,1-3,7-8,14-15H2. The number of hydrogen-bond acceptors (Lipinski definition) is 4. The number of sulfone groups is 1. The Labute approximate surface area is 170 Å². The van der Waals surface area contributed by atoms with Gasteiger partial charge in [-0.25, -0.2) is 12.8 Å². The van der Waals surface area contributed by atoms with Crippen LogP contribution < -0.4 is 4.74 Å². The molecule has 2 fully saturated rings. The van der Waals surface area contributed by atoms with Crippen LogP contribution in [0.2, 0.25) is 0 Å². The summed E-state index contributed by atoms with van der Waals surface area (Å²) in [5.41, 5.74) is 0.443. The van der Waals surface area contributed by atoms with Crippen LogP contribution in [0.3, 0.4) is 0 Å². The number of ether oxygens (including phenoxy) is 1. The zero-order valence-electron chi connectivity index (χ0n) is 16.1. The maximum Gasteiger partial charge on any atom is 0.254 e. The minimum atomic E-state index is -3.18. The monoisotopic (exact) mass is 417 g/mol. The van der Waals surface area contributed by atoms with E-state index in [0.29, 0.717) is 17.1 Å². The quantitative estimate of drug-likeness (QED) is 0.732. The van der Waals surface area contributed by atoms with Crippen molar-refractivity contribution in [3.8, 4) is 11.5 Å². The zero-order valence-corrected chi connectivity index (χ0v) is 16.9. The Morgan fingerprint density at radius 3 is 2.31 bits per heavy atom. The number of rotatable bonds is 5. The molecule has 1 saturated carbocycles. The Morgan fingerprint density at radius 2 is 1.62 bits per heavy atom. The number of nitrogens with zero attached hydrogens (tertiary/aromatic N) is 1. The van der Waals surface area contributed by atoms with Crippen LogP contribution in [0.5, 0.6) is 11.5 Å². The summed E-state index contributed by atoms with van der Waals surface area (Å²) in [6, 6.07) is 12.4. The Hall–Kier alpha value is -2.41. The number of amides is 1. The van der Waals surface area contributed by atoms with Crippen molar-refractivity contribution in [3.05, 3.63) is 59.9 Å². The van der Waals surface area contributed by atoms with Gasteiger partial charge >= 0.3 is 0 Å². The molecular weight excluding hydrogens is 393 g/mol. The second-order valence-corrected chi connectivity index (χ2v) is 10.3. The molecule has 0 unspecified atom stereocenters. The van der Waals surface area contributed by atoms with Gasteiger partial charge in [0.25, 0.3) is 5.91 Å². The lowest BCUT2D eigenvalue weighted by atomic mass is 10.0. The zero-order chi connectivity index (χ0) is 20.4. The van der Waals surface area contributed by atoms with Gasteiger partial charge in [0.05, 0.1) is 10.5 Å². The third kappa shape index (κ3) is 4.29. The number of likely N-dealkylation sites (tertiary alicyclic amines) is 1. The van der Waals surface area contributed by atoms with Crippen LogP contribution in [0.15, 0.2) is 48.5 Å². The van der Waals surface area contributed by atoms with Crippen molar-refractivity contribution in [2.24, 2.45) is 0 Å². The first-order valence-electron chi connectivity index (χ1n) is 9.99. The molecule has 1 saturated heterocycles. The summed E-state index contributed by atoms with van der Waals surface area (Å²) in [5.74, 6) is 0.384. The summed E-state index contributed by atoms with van der Waals surface area (Å²) in [7, 11) is -3.18. The van der Waals surface area contributed by atoms with Crippen molar-refractivity contribution in [1.82, 2.24) is 4.90 Å². The maximum absolute atomic E-state index is 13.0. The second kappa shape index (κ2) is 8.14. The number of carbonyl (C=O) groups is 1. The van der Waals surface area contributed by atoms with E-state index in [0.717, 1.165) is 32.1 Å². The number of benzene rings is 2. The summed E-state index contributed by atoms with van der Waals surface area (Å²) < 4.78 is 44.2. The molecule has 5 nitrogen and oxygen atoms in total. The molecule has 29 heavy (non-hydrogen) atoms. The van der Waals surface area contributed by atoms with Crippen molar-refractivity contribution in [2.45, 2.75) is 42.6 Å². The Balaban J connectivity index is 1.39. The van der Waals surface area contributed by atoms with Crippen LogP contribution in [-0.2, 0) is 9.84 Å². The van der Waals surface area contributed by atoms with Gasteiger partial charge < -0.3 is 9.64 Å². The van der Waals surface area contributed by atoms with Gasteiger partial charge in [0.1, 0.15) is 17.3 Å². The molecule has 2 aliphatic rings. The topological polar surface area (TPSA) is 63.7 Å². The highest BCUT2D eigenvalue weighted by atomic mass is 32.2. The van der Waals surface area contributed by atoms with Gasteiger partial charge in [0.15, 0.2) is 9.84 Å². The molecule has 0 radical (unpaired) electrons. The van der Waals surface area contributed by atoms with E-state index in [1.807, 2.05) is 0 Å².